The molecular weight excluding hydrogens is 571 g/mol. The molecule has 4 heteroatoms. The summed E-state index contributed by atoms with van der Waals surface area (Å²) in [5.74, 6) is 0. The van der Waals surface area contributed by atoms with Crippen molar-refractivity contribution < 1.29 is 8.42 Å². The minimum Gasteiger partial charge on any atom is -0.207 e. The van der Waals surface area contributed by atoms with Gasteiger partial charge in [0.05, 0.1) is 17.0 Å². The second-order valence-electron chi connectivity index (χ2n) is 12.6. The van der Waals surface area contributed by atoms with Crippen LogP contribution in [0.4, 0.5) is 0 Å². The summed E-state index contributed by atoms with van der Waals surface area (Å²) in [5, 5.41) is 0. The number of allylic oxidation sites excluding steroid dienone is 1. The van der Waals surface area contributed by atoms with Crippen molar-refractivity contribution in [1.29, 1.82) is 0 Å². The topological polar surface area (TPSA) is 37.4 Å². The molecule has 0 aromatic heterocycles. The molecule has 0 spiro atoms. The zero-order valence-corrected chi connectivity index (χ0v) is 27.3. The predicted molar refractivity (Wildman–Crippen MR) is 187 cm³/mol. The van der Waals surface area contributed by atoms with Gasteiger partial charge in [-0.3, -0.25) is 0 Å². The van der Waals surface area contributed by atoms with Crippen molar-refractivity contribution in [2.24, 2.45) is 0 Å². The van der Waals surface area contributed by atoms with Crippen molar-refractivity contribution in [3.8, 4) is 0 Å². The van der Waals surface area contributed by atoms with E-state index in [1.165, 1.54) is 37.7 Å². The number of sulfonamides is 1. The Morgan fingerprint density at radius 2 is 1.13 bits per heavy atom. The van der Waals surface area contributed by atoms with Crippen LogP contribution in [-0.4, -0.2) is 18.8 Å². The SMILES string of the molecule is Cc1ccc(S(=O)(=O)N2C3CCCCCCCCCC/C=C/3C(c3ccccc3)=C(c3ccccc3)C2c2ccccc2)cc1. The Hall–Kier alpha value is -3.73. The number of nitrogens with zero attached hydrogens (tertiary/aromatic N) is 1. The number of aryl methyl sites for hydroxylation is 1. The number of hydrogen-bond acceptors (Lipinski definition) is 2. The maximum Gasteiger partial charge on any atom is 0.244 e. The Bertz CT molecular complexity index is 1710. The van der Waals surface area contributed by atoms with Crippen LogP contribution in [0.2, 0.25) is 0 Å². The van der Waals surface area contributed by atoms with E-state index in [0.717, 1.165) is 65.5 Å². The molecule has 4 aromatic rings. The quantitative estimate of drug-likeness (QED) is 0.224. The highest BCUT2D eigenvalue weighted by molar-refractivity contribution is 7.89. The normalized spacial score (nSPS) is 21.8. The molecule has 6 rings (SSSR count). The van der Waals surface area contributed by atoms with Gasteiger partial charge in [-0.1, -0.05) is 160 Å². The second kappa shape index (κ2) is 14.6. The van der Waals surface area contributed by atoms with Gasteiger partial charge in [-0.25, -0.2) is 8.42 Å². The lowest BCUT2D eigenvalue weighted by molar-refractivity contribution is 0.295. The minimum absolute atomic E-state index is 0.287. The highest BCUT2D eigenvalue weighted by Crippen LogP contribution is 2.52. The molecule has 0 bridgehead atoms. The van der Waals surface area contributed by atoms with Crippen LogP contribution < -0.4 is 0 Å². The standard InChI is InChI=1S/C41H45NO2S/c1-32-28-30-36(31-29-32)45(43,44)42-38-27-19-8-6-4-2-3-5-7-18-26-37(38)39(33-20-12-9-13-21-33)40(34-22-14-10-15-23-34)41(42)35-24-16-11-17-25-35/h9-17,20-26,28-31,38,41H,2-8,18-19,27H2,1H3/b37-26-. The Labute approximate surface area is 270 Å². The van der Waals surface area contributed by atoms with Gasteiger partial charge < -0.3 is 0 Å². The minimum atomic E-state index is -3.91. The van der Waals surface area contributed by atoms with Crippen molar-refractivity contribution >= 4 is 21.2 Å². The highest BCUT2D eigenvalue weighted by atomic mass is 32.2. The third-order valence-electron chi connectivity index (χ3n) is 9.41. The molecule has 4 aromatic carbocycles. The monoisotopic (exact) mass is 615 g/mol. The van der Waals surface area contributed by atoms with Gasteiger partial charge in [-0.2, -0.15) is 4.31 Å². The molecule has 0 saturated carbocycles. The summed E-state index contributed by atoms with van der Waals surface area (Å²) in [4.78, 5) is 0.354. The van der Waals surface area contributed by atoms with E-state index in [2.05, 4.69) is 72.8 Å². The van der Waals surface area contributed by atoms with Crippen LogP contribution in [0.5, 0.6) is 0 Å². The van der Waals surface area contributed by atoms with E-state index in [0.29, 0.717) is 4.90 Å². The molecule has 0 N–H and O–H groups in total. The third kappa shape index (κ3) is 6.93. The zero-order valence-electron chi connectivity index (χ0n) is 26.4. The average molecular weight is 616 g/mol. The van der Waals surface area contributed by atoms with Crippen LogP contribution in [0.25, 0.3) is 11.1 Å². The van der Waals surface area contributed by atoms with Gasteiger partial charge in [0.15, 0.2) is 0 Å². The first kappa shape index (κ1) is 31.3. The molecule has 2 aliphatic rings. The van der Waals surface area contributed by atoms with E-state index in [-0.39, 0.29) is 6.04 Å². The first-order valence-electron chi connectivity index (χ1n) is 16.8. The number of fused-ring (bicyclic) bond motifs is 1. The summed E-state index contributed by atoms with van der Waals surface area (Å²) >= 11 is 0. The summed E-state index contributed by atoms with van der Waals surface area (Å²) in [6, 6.07) is 38.0. The van der Waals surface area contributed by atoms with Crippen LogP contribution in [-0.2, 0) is 10.0 Å². The fourth-order valence-corrected chi connectivity index (χ4v) is 8.94. The smallest absolute Gasteiger partial charge is 0.207 e. The molecule has 0 radical (unpaired) electrons. The lowest BCUT2D eigenvalue weighted by atomic mass is 9.76. The van der Waals surface area contributed by atoms with Crippen LogP contribution >= 0.6 is 0 Å². The molecule has 45 heavy (non-hydrogen) atoms. The van der Waals surface area contributed by atoms with Crippen LogP contribution in [0.1, 0.15) is 92.5 Å². The van der Waals surface area contributed by atoms with Gasteiger partial charge in [0, 0.05) is 0 Å². The maximum absolute atomic E-state index is 15.2. The summed E-state index contributed by atoms with van der Waals surface area (Å²) < 4.78 is 32.2. The van der Waals surface area contributed by atoms with Gasteiger partial charge in [-0.15, -0.1) is 0 Å². The van der Waals surface area contributed by atoms with Crippen molar-refractivity contribution in [2.75, 3.05) is 0 Å². The van der Waals surface area contributed by atoms with E-state index in [9.17, 15) is 0 Å². The molecule has 0 saturated heterocycles. The van der Waals surface area contributed by atoms with Crippen LogP contribution in [0.3, 0.4) is 0 Å². The molecule has 0 amide bonds. The Balaban J connectivity index is 1.69. The molecule has 1 heterocycles. The van der Waals surface area contributed by atoms with Crippen molar-refractivity contribution in [3.63, 3.8) is 0 Å². The Morgan fingerprint density at radius 3 is 1.76 bits per heavy atom. The highest BCUT2D eigenvalue weighted by Gasteiger charge is 2.46. The van der Waals surface area contributed by atoms with Crippen molar-refractivity contribution in [3.05, 3.63) is 149 Å². The van der Waals surface area contributed by atoms with Gasteiger partial charge in [0.1, 0.15) is 0 Å². The molecule has 232 valence electrons. The maximum atomic E-state index is 15.2. The third-order valence-corrected chi connectivity index (χ3v) is 11.3. The molecule has 1 aliphatic heterocycles. The Kier molecular flexibility index (Phi) is 10.1. The van der Waals surface area contributed by atoms with Gasteiger partial charge in [-0.05, 0) is 71.7 Å². The molecule has 0 fully saturated rings. The van der Waals surface area contributed by atoms with Gasteiger partial charge >= 0.3 is 0 Å². The molecule has 2 atom stereocenters. The number of hydrogen-bond donors (Lipinski definition) is 0. The molecule has 1 aliphatic carbocycles. The summed E-state index contributed by atoms with van der Waals surface area (Å²) in [6.07, 6.45) is 13.6. The van der Waals surface area contributed by atoms with Crippen LogP contribution in [0.15, 0.2) is 132 Å². The average Bonchev–Trinajstić information content (AvgIpc) is 3.10. The predicted octanol–water partition coefficient (Wildman–Crippen LogP) is 10.6. The molecule has 3 nitrogen and oxygen atoms in total. The zero-order chi connectivity index (χ0) is 31.1. The van der Waals surface area contributed by atoms with Crippen molar-refractivity contribution in [1.82, 2.24) is 4.31 Å². The first-order valence-corrected chi connectivity index (χ1v) is 18.2. The lowest BCUT2D eigenvalue weighted by Gasteiger charge is -2.46. The summed E-state index contributed by atoms with van der Waals surface area (Å²) in [6.45, 7) is 2.00. The molecular formula is C41H45NO2S. The fourth-order valence-electron chi connectivity index (χ4n) is 7.16. The van der Waals surface area contributed by atoms with E-state index < -0.39 is 16.1 Å². The summed E-state index contributed by atoms with van der Waals surface area (Å²) in [5.41, 5.74) is 7.62. The summed E-state index contributed by atoms with van der Waals surface area (Å²) in [7, 11) is -3.91. The van der Waals surface area contributed by atoms with Gasteiger partial charge in [0.25, 0.3) is 0 Å². The largest absolute Gasteiger partial charge is 0.244 e. The fraction of sp³-hybridized carbons (Fsp3) is 0.317. The Morgan fingerprint density at radius 1 is 0.600 bits per heavy atom. The van der Waals surface area contributed by atoms with E-state index in [1.54, 1.807) is 12.1 Å². The first-order chi connectivity index (χ1) is 22.1. The van der Waals surface area contributed by atoms with Crippen LogP contribution in [0, 0.1) is 6.92 Å². The number of benzene rings is 4. The lowest BCUT2D eigenvalue weighted by Crippen LogP contribution is -2.47. The second-order valence-corrected chi connectivity index (χ2v) is 14.4. The van der Waals surface area contributed by atoms with Crippen molar-refractivity contribution in [2.45, 2.75) is 88.1 Å². The molecule has 2 unspecified atom stereocenters. The van der Waals surface area contributed by atoms with E-state index in [1.807, 2.05) is 47.6 Å². The van der Waals surface area contributed by atoms with E-state index in [4.69, 9.17) is 0 Å². The van der Waals surface area contributed by atoms with Gasteiger partial charge in [0.2, 0.25) is 10.0 Å². The number of rotatable bonds is 5. The van der Waals surface area contributed by atoms with E-state index >= 15 is 8.42 Å².